The van der Waals surface area contributed by atoms with E-state index in [0.29, 0.717) is 0 Å². The topological polar surface area (TPSA) is 32.3 Å². The summed E-state index contributed by atoms with van der Waals surface area (Å²) in [6.07, 6.45) is 2.86. The van der Waals surface area contributed by atoms with E-state index in [1.54, 1.807) is 6.33 Å². The Bertz CT molecular complexity index is 358. The van der Waals surface area contributed by atoms with Gasteiger partial charge in [-0.05, 0) is 19.9 Å². The van der Waals surface area contributed by atoms with Crippen molar-refractivity contribution >= 4 is 21.7 Å². The average molecular weight is 299 g/mol. The maximum absolute atomic E-state index is 4.36. The predicted molar refractivity (Wildman–Crippen MR) is 73.8 cm³/mol. The quantitative estimate of drug-likeness (QED) is 0.795. The molecule has 1 fully saturated rings. The molecule has 4 nitrogen and oxygen atoms in total. The van der Waals surface area contributed by atoms with Gasteiger partial charge in [0.15, 0.2) is 0 Å². The molecule has 1 aliphatic heterocycles. The van der Waals surface area contributed by atoms with Crippen LogP contribution in [-0.4, -0.2) is 52.9 Å². The lowest BCUT2D eigenvalue weighted by Crippen LogP contribution is -2.32. The molecule has 94 valence electrons. The molecule has 0 aromatic carbocycles. The summed E-state index contributed by atoms with van der Waals surface area (Å²) in [5.74, 6) is 1.07. The van der Waals surface area contributed by atoms with E-state index in [-0.39, 0.29) is 0 Å². The number of hydrogen-bond donors (Lipinski definition) is 0. The maximum Gasteiger partial charge on any atom is 0.132 e. The molecule has 1 aromatic heterocycles. The normalized spacial score (nSPS) is 18.1. The highest BCUT2D eigenvalue weighted by Crippen LogP contribution is 2.13. The fourth-order valence-corrected chi connectivity index (χ4v) is 2.66. The largest absolute Gasteiger partial charge is 0.355 e. The zero-order chi connectivity index (χ0) is 12.1. The Morgan fingerprint density at radius 1 is 1.24 bits per heavy atom. The summed E-state index contributed by atoms with van der Waals surface area (Å²) in [6, 6.07) is 2.07. The minimum Gasteiger partial charge on any atom is -0.355 e. The van der Waals surface area contributed by atoms with E-state index >= 15 is 0 Å². The number of anilines is 1. The first-order chi connectivity index (χ1) is 8.29. The molecule has 1 aromatic rings. The van der Waals surface area contributed by atoms with Gasteiger partial charge in [-0.1, -0.05) is 15.9 Å². The third kappa shape index (κ3) is 3.64. The number of aromatic nitrogens is 2. The lowest BCUT2D eigenvalue weighted by Gasteiger charge is -2.22. The van der Waals surface area contributed by atoms with Crippen molar-refractivity contribution in [2.24, 2.45) is 0 Å². The second-order valence-corrected chi connectivity index (χ2v) is 5.18. The fourth-order valence-electron chi connectivity index (χ4n) is 2.16. The van der Waals surface area contributed by atoms with Gasteiger partial charge < -0.3 is 9.80 Å². The van der Waals surface area contributed by atoms with Crippen molar-refractivity contribution in [3.05, 3.63) is 18.1 Å². The van der Waals surface area contributed by atoms with E-state index in [1.165, 1.54) is 13.0 Å². The number of rotatable bonds is 3. The first-order valence-corrected chi connectivity index (χ1v) is 7.23. The van der Waals surface area contributed by atoms with Crippen LogP contribution in [0.3, 0.4) is 0 Å². The summed E-state index contributed by atoms with van der Waals surface area (Å²) in [5, 5.41) is 1.06. The molecule has 0 unspecified atom stereocenters. The number of alkyl halides is 1. The predicted octanol–water partition coefficient (Wildman–Crippen LogP) is 1.69. The Balaban J connectivity index is 1.99. The molecule has 0 atom stereocenters. The third-order valence-electron chi connectivity index (χ3n) is 3.10. The third-order valence-corrected chi connectivity index (χ3v) is 3.46. The SMILES string of the molecule is Cc1cc(N2CCCN(CCBr)CC2)ncn1. The first-order valence-electron chi connectivity index (χ1n) is 6.11. The van der Waals surface area contributed by atoms with Crippen LogP contribution in [0.15, 0.2) is 12.4 Å². The van der Waals surface area contributed by atoms with Crippen molar-refractivity contribution in [2.75, 3.05) is 43.0 Å². The minimum absolute atomic E-state index is 1.04. The van der Waals surface area contributed by atoms with Gasteiger partial charge in [0, 0.05) is 43.3 Å². The Kier molecular flexibility index (Phi) is 4.74. The van der Waals surface area contributed by atoms with Crippen LogP contribution in [0.25, 0.3) is 0 Å². The second kappa shape index (κ2) is 6.31. The number of nitrogens with zero attached hydrogens (tertiary/aromatic N) is 4. The lowest BCUT2D eigenvalue weighted by atomic mass is 10.3. The van der Waals surface area contributed by atoms with Crippen molar-refractivity contribution in [1.82, 2.24) is 14.9 Å². The van der Waals surface area contributed by atoms with E-state index < -0.39 is 0 Å². The number of halogens is 1. The van der Waals surface area contributed by atoms with Crippen LogP contribution in [0.1, 0.15) is 12.1 Å². The highest BCUT2D eigenvalue weighted by Gasteiger charge is 2.15. The zero-order valence-corrected chi connectivity index (χ0v) is 11.9. The molecule has 1 aliphatic rings. The molecule has 0 bridgehead atoms. The molecule has 5 heteroatoms. The molecule has 0 radical (unpaired) electrons. The number of aryl methyl sites for hydroxylation is 1. The minimum atomic E-state index is 1.04. The zero-order valence-electron chi connectivity index (χ0n) is 10.3. The summed E-state index contributed by atoms with van der Waals surface area (Å²) >= 11 is 3.50. The van der Waals surface area contributed by atoms with Gasteiger partial charge in [-0.3, -0.25) is 0 Å². The molecule has 2 rings (SSSR count). The molecule has 0 spiro atoms. The Hall–Kier alpha value is -0.680. The van der Waals surface area contributed by atoms with Crippen LogP contribution in [-0.2, 0) is 0 Å². The maximum atomic E-state index is 4.36. The van der Waals surface area contributed by atoms with Crippen molar-refractivity contribution in [1.29, 1.82) is 0 Å². The summed E-state index contributed by atoms with van der Waals surface area (Å²) in [5.41, 5.74) is 1.04. The number of hydrogen-bond acceptors (Lipinski definition) is 4. The molecule has 0 aliphatic carbocycles. The van der Waals surface area contributed by atoms with Crippen LogP contribution in [0.4, 0.5) is 5.82 Å². The second-order valence-electron chi connectivity index (χ2n) is 4.39. The summed E-state index contributed by atoms with van der Waals surface area (Å²) in [7, 11) is 0. The first kappa shape index (κ1) is 12.8. The van der Waals surface area contributed by atoms with E-state index in [2.05, 4.69) is 41.8 Å². The van der Waals surface area contributed by atoms with Crippen LogP contribution >= 0.6 is 15.9 Å². The standard InChI is InChI=1S/C12H19BrN4/c1-11-9-12(15-10-14-11)17-5-2-4-16(6-3-13)7-8-17/h9-10H,2-8H2,1H3. The molecular weight excluding hydrogens is 280 g/mol. The van der Waals surface area contributed by atoms with Gasteiger partial charge in [0.1, 0.15) is 12.1 Å². The van der Waals surface area contributed by atoms with Crippen molar-refractivity contribution in [3.8, 4) is 0 Å². The molecule has 0 saturated carbocycles. The van der Waals surface area contributed by atoms with Gasteiger partial charge >= 0.3 is 0 Å². The molecule has 2 heterocycles. The van der Waals surface area contributed by atoms with Crippen LogP contribution in [0, 0.1) is 6.92 Å². The van der Waals surface area contributed by atoms with Gasteiger partial charge in [-0.2, -0.15) is 0 Å². The Morgan fingerprint density at radius 3 is 2.88 bits per heavy atom. The van der Waals surface area contributed by atoms with E-state index in [0.717, 1.165) is 43.0 Å². The molecular formula is C12H19BrN4. The van der Waals surface area contributed by atoms with Crippen molar-refractivity contribution < 1.29 is 0 Å². The molecule has 17 heavy (non-hydrogen) atoms. The van der Waals surface area contributed by atoms with Gasteiger partial charge in [-0.25, -0.2) is 9.97 Å². The van der Waals surface area contributed by atoms with Crippen molar-refractivity contribution in [3.63, 3.8) is 0 Å². The molecule has 1 saturated heterocycles. The van der Waals surface area contributed by atoms with E-state index in [1.807, 2.05) is 6.92 Å². The molecule has 0 N–H and O–H groups in total. The highest BCUT2D eigenvalue weighted by molar-refractivity contribution is 9.09. The van der Waals surface area contributed by atoms with Gasteiger partial charge in [0.25, 0.3) is 0 Å². The molecule has 0 amide bonds. The van der Waals surface area contributed by atoms with E-state index in [9.17, 15) is 0 Å². The summed E-state index contributed by atoms with van der Waals surface area (Å²) < 4.78 is 0. The van der Waals surface area contributed by atoms with Gasteiger partial charge in [0.2, 0.25) is 0 Å². The lowest BCUT2D eigenvalue weighted by molar-refractivity contribution is 0.313. The Labute approximate surface area is 111 Å². The van der Waals surface area contributed by atoms with E-state index in [4.69, 9.17) is 0 Å². The average Bonchev–Trinajstić information content (AvgIpc) is 2.55. The fraction of sp³-hybridized carbons (Fsp3) is 0.667. The summed E-state index contributed by atoms with van der Waals surface area (Å²) in [6.45, 7) is 7.61. The van der Waals surface area contributed by atoms with Gasteiger partial charge in [0.05, 0.1) is 0 Å². The van der Waals surface area contributed by atoms with Crippen LogP contribution in [0.5, 0.6) is 0 Å². The summed E-state index contributed by atoms with van der Waals surface area (Å²) in [4.78, 5) is 13.4. The Morgan fingerprint density at radius 2 is 2.12 bits per heavy atom. The van der Waals surface area contributed by atoms with Crippen LogP contribution < -0.4 is 4.90 Å². The van der Waals surface area contributed by atoms with Crippen molar-refractivity contribution in [2.45, 2.75) is 13.3 Å². The smallest absolute Gasteiger partial charge is 0.132 e. The van der Waals surface area contributed by atoms with Crippen LogP contribution in [0.2, 0.25) is 0 Å². The van der Waals surface area contributed by atoms with Gasteiger partial charge in [-0.15, -0.1) is 0 Å². The monoisotopic (exact) mass is 298 g/mol. The highest BCUT2D eigenvalue weighted by atomic mass is 79.9.